The van der Waals surface area contributed by atoms with Gasteiger partial charge in [-0.25, -0.2) is 9.67 Å². The number of carbonyl (C=O) groups excluding carboxylic acids is 2. The molecular formula is C33H48FN7O3Si. The Bertz CT molecular complexity index is 1490. The predicted octanol–water partition coefficient (Wildman–Crippen LogP) is 6.05. The second kappa shape index (κ2) is 13.9. The Morgan fingerprint density at radius 2 is 1.80 bits per heavy atom. The summed E-state index contributed by atoms with van der Waals surface area (Å²) in [6.45, 7) is 14.4. The summed E-state index contributed by atoms with van der Waals surface area (Å²) in [5.74, 6) is -0.447. The first-order chi connectivity index (χ1) is 21.5. The molecule has 3 aromatic rings. The van der Waals surface area contributed by atoms with E-state index in [0.29, 0.717) is 60.7 Å². The molecule has 3 heterocycles. The Morgan fingerprint density at radius 1 is 1.09 bits per heavy atom. The highest BCUT2D eigenvalue weighted by Crippen LogP contribution is 2.51. The highest BCUT2D eigenvalue weighted by molar-refractivity contribution is 6.76. The molecule has 5 rings (SSSR count). The Labute approximate surface area is 266 Å². The lowest BCUT2D eigenvalue weighted by molar-refractivity contribution is -0.119. The highest BCUT2D eigenvalue weighted by atomic mass is 28.3. The molecule has 2 N–H and O–H groups in total. The van der Waals surface area contributed by atoms with Gasteiger partial charge in [0.25, 0.3) is 5.91 Å². The van der Waals surface area contributed by atoms with E-state index >= 15 is 4.39 Å². The largest absolute Gasteiger partial charge is 0.360 e. The number of amides is 2. The number of pyridine rings is 1. The summed E-state index contributed by atoms with van der Waals surface area (Å²) in [5, 5.41) is 14.8. The number of anilines is 1. The summed E-state index contributed by atoms with van der Waals surface area (Å²) in [7, 11) is -1.21. The first-order valence-corrected chi connectivity index (χ1v) is 20.2. The number of nitrogens with zero attached hydrogens (tertiary/aromatic N) is 5. The number of rotatable bonds is 16. The van der Waals surface area contributed by atoms with Gasteiger partial charge in [0.15, 0.2) is 0 Å². The minimum atomic E-state index is -1.21. The van der Waals surface area contributed by atoms with Gasteiger partial charge in [0.05, 0.1) is 5.69 Å². The maximum Gasteiger partial charge on any atom is 0.270 e. The van der Waals surface area contributed by atoms with Crippen molar-refractivity contribution in [2.24, 2.45) is 17.8 Å². The normalized spacial score (nSPS) is 15.8. The molecular weight excluding hydrogens is 589 g/mol. The summed E-state index contributed by atoms with van der Waals surface area (Å²) in [6, 6.07) is 5.25. The zero-order valence-electron chi connectivity index (χ0n) is 27.5. The van der Waals surface area contributed by atoms with E-state index in [9.17, 15) is 9.59 Å². The Kier molecular flexibility index (Phi) is 10.2. The standard InChI is InChI=1S/C33H48FN7O3Si/c1-7-17-40-26(15-16-35-40)32(42)38-30(29(22-9-10-22)23-11-12-23)33(43)37-27-14-13-24(31(34)36-27)28-21(3)39-41(25(28)8-2)20-44-18-19-45(4,5)6/h13-16,22-23,29-30H,7-12,17-20H2,1-6H3,(H,38,42)(H,36,37,43)/t30-/m0/s1. The molecule has 0 aromatic carbocycles. The van der Waals surface area contributed by atoms with Gasteiger partial charge in [-0.3, -0.25) is 14.3 Å². The fourth-order valence-electron chi connectivity index (χ4n) is 6.23. The number of aromatic nitrogens is 5. The van der Waals surface area contributed by atoms with Crippen molar-refractivity contribution in [2.45, 2.75) is 104 Å². The van der Waals surface area contributed by atoms with Crippen molar-refractivity contribution in [1.82, 2.24) is 29.9 Å². The second-order valence-corrected chi connectivity index (χ2v) is 19.4. The highest BCUT2D eigenvalue weighted by Gasteiger charge is 2.48. The minimum Gasteiger partial charge on any atom is -0.360 e. The average Bonchev–Trinajstić information content (AvgIpc) is 3.92. The monoisotopic (exact) mass is 637 g/mol. The predicted molar refractivity (Wildman–Crippen MR) is 175 cm³/mol. The van der Waals surface area contributed by atoms with Crippen LogP contribution in [-0.2, 0) is 29.2 Å². The zero-order valence-corrected chi connectivity index (χ0v) is 28.5. The molecule has 2 fully saturated rings. The van der Waals surface area contributed by atoms with Crippen molar-refractivity contribution in [3.05, 3.63) is 47.4 Å². The van der Waals surface area contributed by atoms with E-state index in [1.165, 1.54) is 0 Å². The Balaban J connectivity index is 1.33. The summed E-state index contributed by atoms with van der Waals surface area (Å²) < 4.78 is 25.1. The van der Waals surface area contributed by atoms with Crippen LogP contribution < -0.4 is 10.6 Å². The SMILES string of the molecule is CCCn1nccc1C(=O)N[C@H](C(=O)Nc1ccc(-c2c(C)nn(COCC[Si](C)(C)C)c2CC)c(F)n1)C(C1CC1)C1CC1. The van der Waals surface area contributed by atoms with E-state index in [4.69, 9.17) is 4.74 Å². The average molecular weight is 638 g/mol. The van der Waals surface area contributed by atoms with Crippen molar-refractivity contribution in [2.75, 3.05) is 11.9 Å². The van der Waals surface area contributed by atoms with E-state index in [1.54, 1.807) is 33.8 Å². The lowest BCUT2D eigenvalue weighted by atomic mass is 9.88. The molecule has 0 saturated heterocycles. The van der Waals surface area contributed by atoms with Crippen LogP contribution in [0.4, 0.5) is 10.2 Å². The molecule has 1 atom stereocenters. The van der Waals surface area contributed by atoms with Gasteiger partial charge in [0.2, 0.25) is 11.9 Å². The molecule has 2 saturated carbocycles. The molecule has 45 heavy (non-hydrogen) atoms. The van der Waals surface area contributed by atoms with Gasteiger partial charge in [-0.05, 0) is 87.4 Å². The number of aryl methyl sites for hydroxylation is 2. The molecule has 2 aliphatic carbocycles. The maximum atomic E-state index is 15.7. The van der Waals surface area contributed by atoms with Crippen LogP contribution in [0.25, 0.3) is 11.1 Å². The molecule has 244 valence electrons. The number of halogens is 1. The lowest BCUT2D eigenvalue weighted by Gasteiger charge is -2.27. The van der Waals surface area contributed by atoms with Crippen LogP contribution in [0.5, 0.6) is 0 Å². The van der Waals surface area contributed by atoms with Crippen molar-refractivity contribution in [3.63, 3.8) is 0 Å². The van der Waals surface area contributed by atoms with Gasteiger partial charge in [-0.1, -0.05) is 33.5 Å². The van der Waals surface area contributed by atoms with E-state index in [2.05, 4.69) is 45.5 Å². The number of ether oxygens (including phenoxy) is 1. The molecule has 0 radical (unpaired) electrons. The quantitative estimate of drug-likeness (QED) is 0.112. The molecule has 0 bridgehead atoms. The van der Waals surface area contributed by atoms with Crippen molar-refractivity contribution in [3.8, 4) is 11.1 Å². The van der Waals surface area contributed by atoms with E-state index in [1.807, 2.05) is 20.8 Å². The molecule has 10 nitrogen and oxygen atoms in total. The number of hydrogen-bond acceptors (Lipinski definition) is 6. The van der Waals surface area contributed by atoms with Crippen LogP contribution in [-0.4, -0.2) is 57.1 Å². The molecule has 12 heteroatoms. The summed E-state index contributed by atoms with van der Waals surface area (Å²) in [5.41, 5.74) is 3.03. The fourth-order valence-corrected chi connectivity index (χ4v) is 6.98. The number of nitrogens with one attached hydrogen (secondary N) is 2. The van der Waals surface area contributed by atoms with Gasteiger partial charge in [0, 0.05) is 44.2 Å². The Hall–Kier alpha value is -3.38. The second-order valence-electron chi connectivity index (χ2n) is 13.8. The summed E-state index contributed by atoms with van der Waals surface area (Å²) >= 11 is 0. The van der Waals surface area contributed by atoms with Gasteiger partial charge < -0.3 is 15.4 Å². The van der Waals surface area contributed by atoms with E-state index in [-0.39, 0.29) is 23.6 Å². The fraction of sp³-hybridized carbons (Fsp3) is 0.606. The third-order valence-corrected chi connectivity index (χ3v) is 10.5. The van der Waals surface area contributed by atoms with Gasteiger partial charge >= 0.3 is 0 Å². The van der Waals surface area contributed by atoms with Gasteiger partial charge in [0.1, 0.15) is 24.3 Å². The summed E-state index contributed by atoms with van der Waals surface area (Å²) in [4.78, 5) is 31.4. The number of hydrogen-bond donors (Lipinski definition) is 2. The number of carbonyl (C=O) groups is 2. The van der Waals surface area contributed by atoms with Crippen LogP contribution in [0, 0.1) is 30.6 Å². The Morgan fingerprint density at radius 3 is 2.40 bits per heavy atom. The summed E-state index contributed by atoms with van der Waals surface area (Å²) in [6.07, 6.45) is 7.27. The molecule has 0 spiro atoms. The van der Waals surface area contributed by atoms with Crippen LogP contribution in [0.15, 0.2) is 24.4 Å². The topological polar surface area (TPSA) is 116 Å². The molecule has 0 unspecified atom stereocenters. The van der Waals surface area contributed by atoms with E-state index < -0.39 is 20.1 Å². The smallest absolute Gasteiger partial charge is 0.270 e. The first kappa shape index (κ1) is 33.0. The third-order valence-electron chi connectivity index (χ3n) is 8.82. The van der Waals surface area contributed by atoms with Crippen LogP contribution in [0.2, 0.25) is 25.7 Å². The maximum absolute atomic E-state index is 15.7. The molecule has 2 amide bonds. The molecule has 3 aromatic heterocycles. The van der Waals surface area contributed by atoms with Crippen LogP contribution in [0.1, 0.15) is 67.8 Å². The van der Waals surface area contributed by atoms with E-state index in [0.717, 1.165) is 43.8 Å². The van der Waals surface area contributed by atoms with Crippen molar-refractivity contribution >= 4 is 25.7 Å². The van der Waals surface area contributed by atoms with Crippen LogP contribution in [0.3, 0.4) is 0 Å². The molecule has 0 aliphatic heterocycles. The lowest BCUT2D eigenvalue weighted by Crippen LogP contribution is -2.50. The van der Waals surface area contributed by atoms with Crippen molar-refractivity contribution in [1.29, 1.82) is 0 Å². The first-order valence-electron chi connectivity index (χ1n) is 16.4. The molecule has 2 aliphatic rings. The zero-order chi connectivity index (χ0) is 32.3. The third kappa shape index (κ3) is 8.07. The van der Waals surface area contributed by atoms with Gasteiger partial charge in [-0.2, -0.15) is 14.6 Å². The van der Waals surface area contributed by atoms with Crippen molar-refractivity contribution < 1.29 is 18.7 Å². The van der Waals surface area contributed by atoms with Crippen LogP contribution >= 0.6 is 0 Å². The van der Waals surface area contributed by atoms with Gasteiger partial charge in [-0.15, -0.1) is 0 Å². The minimum absolute atomic E-state index is 0.0363.